The summed E-state index contributed by atoms with van der Waals surface area (Å²) in [5.74, 6) is 4.49. The monoisotopic (exact) mass is 404 g/mol. The molecule has 30 heavy (non-hydrogen) atoms. The van der Waals surface area contributed by atoms with Gasteiger partial charge in [0.1, 0.15) is 23.7 Å². The number of para-hydroxylation sites is 1. The van der Waals surface area contributed by atoms with Crippen LogP contribution in [0.5, 0.6) is 11.5 Å². The third-order valence-corrected chi connectivity index (χ3v) is 6.34. The highest BCUT2D eigenvalue weighted by Crippen LogP contribution is 2.37. The maximum Gasteiger partial charge on any atom is 0.148 e. The number of hydrogen-bond donors (Lipinski definition) is 0. The van der Waals surface area contributed by atoms with Crippen molar-refractivity contribution in [2.45, 2.75) is 45.4 Å². The Morgan fingerprint density at radius 3 is 2.70 bits per heavy atom. The van der Waals surface area contributed by atoms with Crippen LogP contribution < -0.4 is 9.47 Å². The topological polar surface area (TPSA) is 24.9 Å². The first-order valence-electron chi connectivity index (χ1n) is 11.0. The fourth-order valence-electron chi connectivity index (χ4n) is 4.69. The predicted molar refractivity (Wildman–Crippen MR) is 121 cm³/mol. The molecule has 0 bridgehead atoms. The molecule has 1 saturated heterocycles. The molecule has 2 aliphatic rings. The fourth-order valence-corrected chi connectivity index (χ4v) is 4.69. The van der Waals surface area contributed by atoms with E-state index in [0.29, 0.717) is 6.61 Å². The molecule has 0 aromatic heterocycles. The number of likely N-dealkylation sites (tertiary alicyclic amines) is 1. The average molecular weight is 405 g/mol. The molecule has 0 unspecified atom stereocenters. The maximum atomic E-state index is 6.77. The van der Waals surface area contributed by atoms with Crippen LogP contribution in [0.4, 0.5) is 0 Å². The molecule has 2 aromatic rings. The summed E-state index contributed by atoms with van der Waals surface area (Å²) < 4.78 is 12.6. The van der Waals surface area contributed by atoms with Gasteiger partial charge in [-0.25, -0.2) is 0 Å². The molecule has 158 valence electrons. The molecule has 4 heteroatoms. The zero-order valence-corrected chi connectivity index (χ0v) is 18.2. The van der Waals surface area contributed by atoms with E-state index in [9.17, 15) is 0 Å². The quantitative estimate of drug-likeness (QED) is 0.696. The smallest absolute Gasteiger partial charge is 0.148 e. The van der Waals surface area contributed by atoms with Crippen molar-refractivity contribution < 1.29 is 9.47 Å². The van der Waals surface area contributed by atoms with Gasteiger partial charge in [-0.3, -0.25) is 4.90 Å². The van der Waals surface area contributed by atoms with Gasteiger partial charge in [0.15, 0.2) is 0 Å². The number of benzene rings is 2. The van der Waals surface area contributed by atoms with E-state index < -0.39 is 0 Å². The summed E-state index contributed by atoms with van der Waals surface area (Å²) in [7, 11) is 0. The number of piperidine rings is 1. The average Bonchev–Trinajstić information content (AvgIpc) is 2.89. The third-order valence-electron chi connectivity index (χ3n) is 6.34. The molecule has 0 atom stereocenters. The van der Waals surface area contributed by atoms with Crippen LogP contribution in [-0.2, 0) is 13.1 Å². The molecule has 0 N–H and O–H groups in total. The third kappa shape index (κ3) is 4.64. The van der Waals surface area contributed by atoms with Crippen LogP contribution in [0.2, 0.25) is 0 Å². The Kier molecular flexibility index (Phi) is 6.32. The normalized spacial score (nSPS) is 18.8. The number of aryl methyl sites for hydroxylation is 1. The Morgan fingerprint density at radius 1 is 1.13 bits per heavy atom. The minimum absolute atomic E-state index is 0.138. The molecule has 0 radical (unpaired) electrons. The van der Waals surface area contributed by atoms with E-state index in [0.717, 1.165) is 63.6 Å². The molecular formula is C26H32N2O2. The summed E-state index contributed by atoms with van der Waals surface area (Å²) in [4.78, 5) is 5.04. The van der Waals surface area contributed by atoms with E-state index in [-0.39, 0.29) is 5.60 Å². The van der Waals surface area contributed by atoms with Gasteiger partial charge in [0.25, 0.3) is 0 Å². The van der Waals surface area contributed by atoms with Gasteiger partial charge >= 0.3 is 0 Å². The highest BCUT2D eigenvalue weighted by Gasteiger charge is 2.40. The first-order valence-corrected chi connectivity index (χ1v) is 11.0. The lowest BCUT2D eigenvalue weighted by Crippen LogP contribution is -2.53. The maximum absolute atomic E-state index is 6.77. The highest BCUT2D eigenvalue weighted by molar-refractivity contribution is 5.39. The van der Waals surface area contributed by atoms with Gasteiger partial charge in [-0.2, -0.15) is 0 Å². The van der Waals surface area contributed by atoms with Crippen molar-refractivity contribution in [3.8, 4) is 23.8 Å². The molecule has 0 saturated carbocycles. The second-order valence-electron chi connectivity index (χ2n) is 8.58. The predicted octanol–water partition coefficient (Wildman–Crippen LogP) is 4.26. The van der Waals surface area contributed by atoms with Crippen molar-refractivity contribution in [3.05, 3.63) is 59.2 Å². The zero-order valence-electron chi connectivity index (χ0n) is 18.2. The van der Waals surface area contributed by atoms with Crippen LogP contribution in [0.1, 0.15) is 36.5 Å². The van der Waals surface area contributed by atoms with Gasteiger partial charge in [-0.15, -0.1) is 6.42 Å². The SMILES string of the molecule is C#CCOc1ccccc1CN1Cc2cc(C)ccc2OC2(CCN(CC)CC2)C1. The Hall–Kier alpha value is -2.48. The Labute approximate surface area is 180 Å². The summed E-state index contributed by atoms with van der Waals surface area (Å²) in [6.45, 7) is 10.6. The summed E-state index contributed by atoms with van der Waals surface area (Å²) in [6, 6.07) is 14.8. The summed E-state index contributed by atoms with van der Waals surface area (Å²) in [5.41, 5.74) is 3.57. The molecule has 0 aliphatic carbocycles. The molecule has 4 rings (SSSR count). The minimum atomic E-state index is -0.138. The number of fused-ring (bicyclic) bond motifs is 1. The molecule has 2 aromatic carbocycles. The standard InChI is InChI=1S/C26H32N2O2/c1-4-16-29-24-9-7-6-8-22(24)18-28-19-23-17-21(3)10-11-25(23)30-26(20-28)12-14-27(5-2)15-13-26/h1,6-11,17H,5,12-16,18-20H2,2-3H3. The van der Waals surface area contributed by atoms with Crippen molar-refractivity contribution in [3.63, 3.8) is 0 Å². The van der Waals surface area contributed by atoms with Crippen LogP contribution >= 0.6 is 0 Å². The molecular weight excluding hydrogens is 372 g/mol. The second-order valence-corrected chi connectivity index (χ2v) is 8.58. The van der Waals surface area contributed by atoms with Gasteiger partial charge in [0, 0.05) is 56.7 Å². The molecule has 0 amide bonds. The van der Waals surface area contributed by atoms with Gasteiger partial charge in [-0.05, 0) is 25.6 Å². The Balaban J connectivity index is 1.62. The van der Waals surface area contributed by atoms with Gasteiger partial charge < -0.3 is 14.4 Å². The molecule has 1 spiro atoms. The number of rotatable bonds is 5. The highest BCUT2D eigenvalue weighted by atomic mass is 16.5. The van der Waals surface area contributed by atoms with Crippen LogP contribution in [-0.4, -0.2) is 48.2 Å². The molecule has 1 fully saturated rings. The van der Waals surface area contributed by atoms with Crippen LogP contribution in [0.25, 0.3) is 0 Å². The van der Waals surface area contributed by atoms with E-state index in [1.807, 2.05) is 12.1 Å². The molecule has 2 aliphatic heterocycles. The van der Waals surface area contributed by atoms with E-state index in [1.165, 1.54) is 16.7 Å². The van der Waals surface area contributed by atoms with Crippen LogP contribution in [0.15, 0.2) is 42.5 Å². The summed E-state index contributed by atoms with van der Waals surface area (Å²) in [6.07, 6.45) is 7.52. The summed E-state index contributed by atoms with van der Waals surface area (Å²) >= 11 is 0. The number of terminal acetylenes is 1. The lowest BCUT2D eigenvalue weighted by Gasteiger charge is -2.42. The number of nitrogens with zero attached hydrogens (tertiary/aromatic N) is 2. The number of ether oxygens (including phenoxy) is 2. The lowest BCUT2D eigenvalue weighted by molar-refractivity contribution is -0.0187. The van der Waals surface area contributed by atoms with E-state index in [2.05, 4.69) is 59.9 Å². The fraction of sp³-hybridized carbons (Fsp3) is 0.462. The Bertz CT molecular complexity index is 909. The van der Waals surface area contributed by atoms with Crippen molar-refractivity contribution in [2.24, 2.45) is 0 Å². The van der Waals surface area contributed by atoms with Crippen LogP contribution in [0.3, 0.4) is 0 Å². The van der Waals surface area contributed by atoms with Crippen molar-refractivity contribution in [2.75, 3.05) is 32.8 Å². The second kappa shape index (κ2) is 9.12. The van der Waals surface area contributed by atoms with Gasteiger partial charge in [0.05, 0.1) is 0 Å². The molecule has 4 nitrogen and oxygen atoms in total. The summed E-state index contributed by atoms with van der Waals surface area (Å²) in [5, 5.41) is 0. The van der Waals surface area contributed by atoms with Crippen LogP contribution in [0, 0.1) is 19.3 Å². The molecule has 2 heterocycles. The lowest BCUT2D eigenvalue weighted by atomic mass is 9.90. The Morgan fingerprint density at radius 2 is 1.93 bits per heavy atom. The van der Waals surface area contributed by atoms with E-state index in [4.69, 9.17) is 15.9 Å². The van der Waals surface area contributed by atoms with Crippen molar-refractivity contribution in [1.82, 2.24) is 9.80 Å². The largest absolute Gasteiger partial charge is 0.486 e. The van der Waals surface area contributed by atoms with Gasteiger partial charge in [-0.1, -0.05) is 48.7 Å². The van der Waals surface area contributed by atoms with Crippen molar-refractivity contribution in [1.29, 1.82) is 0 Å². The van der Waals surface area contributed by atoms with E-state index in [1.54, 1.807) is 0 Å². The number of hydrogen-bond acceptors (Lipinski definition) is 4. The van der Waals surface area contributed by atoms with E-state index >= 15 is 0 Å². The van der Waals surface area contributed by atoms with Crippen molar-refractivity contribution >= 4 is 0 Å². The minimum Gasteiger partial charge on any atom is -0.486 e. The van der Waals surface area contributed by atoms with Gasteiger partial charge in [0.2, 0.25) is 0 Å². The zero-order chi connectivity index (χ0) is 21.0. The first-order chi connectivity index (χ1) is 14.6. The first kappa shape index (κ1) is 20.8.